The van der Waals surface area contributed by atoms with Crippen LogP contribution in [0.25, 0.3) is 10.9 Å². The molecule has 0 amide bonds. The van der Waals surface area contributed by atoms with Crippen molar-refractivity contribution in [2.45, 2.75) is 13.3 Å². The van der Waals surface area contributed by atoms with E-state index in [9.17, 15) is 14.9 Å². The molecule has 2 aromatic rings. The molecule has 7 heteroatoms. The number of nitro groups is 1. The van der Waals surface area contributed by atoms with Gasteiger partial charge in [0.25, 0.3) is 0 Å². The minimum atomic E-state index is -0.925. The Hall–Kier alpha value is -2.70. The standard InChI is InChI=1S/C14H15N3O4/c1-2-9(14(18)19)7-16-13-10-5-3-4-6-11(10)15-8-12(13)17(20)21/h3-6,8-9H,2,7H2,1H3,(H,15,16)(H,18,19). The maximum atomic E-state index is 11.1. The van der Waals surface area contributed by atoms with E-state index in [1.54, 1.807) is 31.2 Å². The van der Waals surface area contributed by atoms with Crippen molar-refractivity contribution in [3.63, 3.8) is 0 Å². The van der Waals surface area contributed by atoms with E-state index in [-0.39, 0.29) is 12.2 Å². The Kier molecular flexibility index (Phi) is 4.32. The van der Waals surface area contributed by atoms with E-state index in [1.165, 1.54) is 6.20 Å². The number of aliphatic carboxylic acids is 1. The lowest BCUT2D eigenvalue weighted by atomic mass is 10.1. The van der Waals surface area contributed by atoms with Gasteiger partial charge in [-0.2, -0.15) is 0 Å². The molecule has 0 radical (unpaired) electrons. The fourth-order valence-electron chi connectivity index (χ4n) is 2.09. The molecule has 2 rings (SSSR count). The zero-order valence-electron chi connectivity index (χ0n) is 11.4. The van der Waals surface area contributed by atoms with Crippen LogP contribution in [0.3, 0.4) is 0 Å². The van der Waals surface area contributed by atoms with Gasteiger partial charge in [-0.15, -0.1) is 0 Å². The van der Waals surface area contributed by atoms with E-state index in [0.29, 0.717) is 23.0 Å². The van der Waals surface area contributed by atoms with Crippen LogP contribution >= 0.6 is 0 Å². The maximum absolute atomic E-state index is 11.1. The summed E-state index contributed by atoms with van der Waals surface area (Å²) in [5.41, 5.74) is 0.771. The van der Waals surface area contributed by atoms with Crippen molar-refractivity contribution >= 4 is 28.2 Å². The van der Waals surface area contributed by atoms with Crippen molar-refractivity contribution in [1.82, 2.24) is 4.98 Å². The largest absolute Gasteiger partial charge is 0.481 e. The number of pyridine rings is 1. The first-order valence-electron chi connectivity index (χ1n) is 6.53. The lowest BCUT2D eigenvalue weighted by Gasteiger charge is -2.13. The van der Waals surface area contributed by atoms with Gasteiger partial charge in [0, 0.05) is 11.9 Å². The van der Waals surface area contributed by atoms with Crippen molar-refractivity contribution in [1.29, 1.82) is 0 Å². The molecule has 1 aromatic heterocycles. The first kappa shape index (κ1) is 14.7. The number of nitrogens with one attached hydrogen (secondary N) is 1. The number of rotatable bonds is 6. The first-order chi connectivity index (χ1) is 10.0. The second kappa shape index (κ2) is 6.17. The van der Waals surface area contributed by atoms with Gasteiger partial charge in [-0.1, -0.05) is 25.1 Å². The molecule has 0 fully saturated rings. The highest BCUT2D eigenvalue weighted by Crippen LogP contribution is 2.31. The maximum Gasteiger partial charge on any atom is 0.311 e. The van der Waals surface area contributed by atoms with E-state index >= 15 is 0 Å². The van der Waals surface area contributed by atoms with Gasteiger partial charge in [-0.3, -0.25) is 14.9 Å². The molecular formula is C14H15N3O4. The highest BCUT2D eigenvalue weighted by Gasteiger charge is 2.20. The van der Waals surface area contributed by atoms with Crippen molar-refractivity contribution in [2.75, 3.05) is 11.9 Å². The molecule has 1 unspecified atom stereocenters. The van der Waals surface area contributed by atoms with Crippen LogP contribution < -0.4 is 5.32 Å². The monoisotopic (exact) mass is 289 g/mol. The van der Waals surface area contributed by atoms with E-state index in [1.807, 2.05) is 0 Å². The van der Waals surface area contributed by atoms with Crippen LogP contribution in [0.5, 0.6) is 0 Å². The lowest BCUT2D eigenvalue weighted by Crippen LogP contribution is -2.22. The van der Waals surface area contributed by atoms with Gasteiger partial charge in [0.05, 0.1) is 16.4 Å². The van der Waals surface area contributed by atoms with Crippen LogP contribution in [-0.2, 0) is 4.79 Å². The van der Waals surface area contributed by atoms with E-state index in [0.717, 1.165) is 0 Å². The Morgan fingerprint density at radius 3 is 2.81 bits per heavy atom. The molecule has 0 aliphatic carbocycles. The molecular weight excluding hydrogens is 274 g/mol. The highest BCUT2D eigenvalue weighted by atomic mass is 16.6. The number of benzene rings is 1. The predicted octanol–water partition coefficient (Wildman–Crippen LogP) is 2.67. The minimum Gasteiger partial charge on any atom is -0.481 e. The molecule has 7 nitrogen and oxygen atoms in total. The molecule has 0 bridgehead atoms. The average molecular weight is 289 g/mol. The Morgan fingerprint density at radius 1 is 1.48 bits per heavy atom. The number of anilines is 1. The Morgan fingerprint density at radius 2 is 2.19 bits per heavy atom. The summed E-state index contributed by atoms with van der Waals surface area (Å²) in [5, 5.41) is 23.7. The molecule has 0 aliphatic heterocycles. The number of aromatic nitrogens is 1. The molecule has 21 heavy (non-hydrogen) atoms. The van der Waals surface area contributed by atoms with Gasteiger partial charge in [0.1, 0.15) is 11.9 Å². The molecule has 1 aromatic carbocycles. The Balaban J connectivity index is 2.42. The fourth-order valence-corrected chi connectivity index (χ4v) is 2.09. The molecule has 1 atom stereocenters. The summed E-state index contributed by atoms with van der Waals surface area (Å²) in [6.07, 6.45) is 1.63. The summed E-state index contributed by atoms with van der Waals surface area (Å²) < 4.78 is 0. The number of hydrogen-bond acceptors (Lipinski definition) is 5. The molecule has 2 N–H and O–H groups in total. The third kappa shape index (κ3) is 3.07. The van der Waals surface area contributed by atoms with Crippen molar-refractivity contribution < 1.29 is 14.8 Å². The van der Waals surface area contributed by atoms with Crippen molar-refractivity contribution in [3.8, 4) is 0 Å². The first-order valence-corrected chi connectivity index (χ1v) is 6.53. The van der Waals surface area contributed by atoms with Gasteiger partial charge in [0.15, 0.2) is 0 Å². The molecule has 0 aliphatic rings. The Labute approximate surface area is 120 Å². The smallest absolute Gasteiger partial charge is 0.311 e. The van der Waals surface area contributed by atoms with Crippen LogP contribution in [0.2, 0.25) is 0 Å². The molecule has 0 saturated heterocycles. The summed E-state index contributed by atoms with van der Waals surface area (Å²) in [4.78, 5) is 25.7. The van der Waals surface area contributed by atoms with Crippen LogP contribution in [0.1, 0.15) is 13.3 Å². The summed E-state index contributed by atoms with van der Waals surface area (Å²) >= 11 is 0. The number of carboxylic acid groups (broad SMARTS) is 1. The van der Waals surface area contributed by atoms with E-state index < -0.39 is 16.8 Å². The predicted molar refractivity (Wildman–Crippen MR) is 78.3 cm³/mol. The summed E-state index contributed by atoms with van der Waals surface area (Å²) in [5.74, 6) is -1.53. The summed E-state index contributed by atoms with van der Waals surface area (Å²) in [6, 6.07) is 7.02. The van der Waals surface area contributed by atoms with Gasteiger partial charge >= 0.3 is 11.7 Å². The van der Waals surface area contributed by atoms with Crippen LogP contribution in [0.4, 0.5) is 11.4 Å². The van der Waals surface area contributed by atoms with Crippen molar-refractivity contribution in [3.05, 3.63) is 40.6 Å². The number of fused-ring (bicyclic) bond motifs is 1. The second-order valence-electron chi connectivity index (χ2n) is 4.62. The number of hydrogen-bond donors (Lipinski definition) is 2. The van der Waals surface area contributed by atoms with Gasteiger partial charge in [-0.25, -0.2) is 4.98 Å². The van der Waals surface area contributed by atoms with Crippen LogP contribution in [0, 0.1) is 16.0 Å². The summed E-state index contributed by atoms with van der Waals surface area (Å²) in [6.45, 7) is 1.89. The second-order valence-corrected chi connectivity index (χ2v) is 4.62. The topological polar surface area (TPSA) is 105 Å². The van der Waals surface area contributed by atoms with E-state index in [4.69, 9.17) is 5.11 Å². The van der Waals surface area contributed by atoms with Crippen molar-refractivity contribution in [2.24, 2.45) is 5.92 Å². The average Bonchev–Trinajstić information content (AvgIpc) is 2.47. The minimum absolute atomic E-state index is 0.126. The normalized spacial score (nSPS) is 12.0. The van der Waals surface area contributed by atoms with E-state index in [2.05, 4.69) is 10.3 Å². The zero-order chi connectivity index (χ0) is 15.4. The molecule has 110 valence electrons. The van der Waals surface area contributed by atoms with Crippen LogP contribution in [0.15, 0.2) is 30.5 Å². The number of carboxylic acids is 1. The number of para-hydroxylation sites is 1. The van der Waals surface area contributed by atoms with Crippen LogP contribution in [-0.4, -0.2) is 27.5 Å². The highest BCUT2D eigenvalue weighted by molar-refractivity contribution is 5.95. The Bertz CT molecular complexity index is 687. The third-order valence-corrected chi connectivity index (χ3v) is 3.32. The summed E-state index contributed by atoms with van der Waals surface area (Å²) in [7, 11) is 0. The zero-order valence-corrected chi connectivity index (χ0v) is 11.4. The third-order valence-electron chi connectivity index (χ3n) is 3.32. The molecule has 1 heterocycles. The number of carbonyl (C=O) groups is 1. The number of nitrogens with zero attached hydrogens (tertiary/aromatic N) is 2. The SMILES string of the molecule is CCC(CNc1c([N+](=O)[O-])cnc2ccccc12)C(=O)O. The molecule has 0 saturated carbocycles. The quantitative estimate of drug-likeness (QED) is 0.625. The van der Waals surface area contributed by atoms with Gasteiger partial charge in [0.2, 0.25) is 0 Å². The molecule has 0 spiro atoms. The van der Waals surface area contributed by atoms with Gasteiger partial charge in [-0.05, 0) is 12.5 Å². The lowest BCUT2D eigenvalue weighted by molar-refractivity contribution is -0.384. The van der Waals surface area contributed by atoms with Gasteiger partial charge < -0.3 is 10.4 Å². The fraction of sp³-hybridized carbons (Fsp3) is 0.286.